The lowest BCUT2D eigenvalue weighted by Gasteiger charge is -2.04. The van der Waals surface area contributed by atoms with Crippen LogP contribution in [0.5, 0.6) is 0 Å². The number of nitrogens with one attached hydrogen (secondary N) is 2. The van der Waals surface area contributed by atoms with Gasteiger partial charge < -0.3 is 5.32 Å². The molecular weight excluding hydrogens is 376 g/mol. The number of hydrazone groups is 1. The van der Waals surface area contributed by atoms with E-state index in [1.54, 1.807) is 23.3 Å². The van der Waals surface area contributed by atoms with Crippen LogP contribution in [0.1, 0.15) is 5.56 Å². The SMILES string of the molecule is O=C(CNc1ccccc1)N/N=C\c1cn(-c2ccccc2)nc1-c1ccncc1. The standard InChI is InChI=1S/C23H20N6O/c30-22(16-25-20-7-3-1-4-8-20)27-26-15-19-17-29(21-9-5-2-6-10-21)28-23(19)18-11-13-24-14-12-18/h1-15,17,25H,16H2,(H,27,30)/b26-15-. The molecule has 148 valence electrons. The van der Waals surface area contributed by atoms with Gasteiger partial charge in [-0.25, -0.2) is 10.1 Å². The molecule has 0 atom stereocenters. The van der Waals surface area contributed by atoms with Gasteiger partial charge in [0.2, 0.25) is 0 Å². The molecule has 0 saturated heterocycles. The van der Waals surface area contributed by atoms with Crippen molar-refractivity contribution in [1.29, 1.82) is 0 Å². The minimum absolute atomic E-state index is 0.127. The van der Waals surface area contributed by atoms with Crippen molar-refractivity contribution in [2.24, 2.45) is 5.10 Å². The van der Waals surface area contributed by atoms with Gasteiger partial charge in [0.05, 0.1) is 18.4 Å². The van der Waals surface area contributed by atoms with Crippen molar-refractivity contribution in [2.75, 3.05) is 11.9 Å². The summed E-state index contributed by atoms with van der Waals surface area (Å²) in [6, 6.07) is 23.1. The average molecular weight is 396 g/mol. The summed E-state index contributed by atoms with van der Waals surface area (Å²) < 4.78 is 1.79. The van der Waals surface area contributed by atoms with E-state index in [1.807, 2.05) is 79.0 Å². The quantitative estimate of drug-likeness (QED) is 0.370. The fourth-order valence-electron chi connectivity index (χ4n) is 2.88. The predicted molar refractivity (Wildman–Crippen MR) is 117 cm³/mol. The molecule has 4 aromatic rings. The molecule has 30 heavy (non-hydrogen) atoms. The maximum Gasteiger partial charge on any atom is 0.259 e. The molecule has 0 saturated carbocycles. The molecule has 0 spiro atoms. The number of para-hydroxylation sites is 2. The zero-order valence-electron chi connectivity index (χ0n) is 16.1. The Hall–Kier alpha value is -4.26. The Morgan fingerprint density at radius 3 is 2.40 bits per heavy atom. The highest BCUT2D eigenvalue weighted by molar-refractivity contribution is 5.90. The van der Waals surface area contributed by atoms with Gasteiger partial charge in [-0.05, 0) is 36.4 Å². The normalized spacial score (nSPS) is 10.8. The minimum atomic E-state index is -0.240. The molecule has 0 aliphatic rings. The van der Waals surface area contributed by atoms with Crippen LogP contribution in [-0.4, -0.2) is 33.4 Å². The highest BCUT2D eigenvalue weighted by Gasteiger charge is 2.11. The van der Waals surface area contributed by atoms with Crippen LogP contribution in [0, 0.1) is 0 Å². The van der Waals surface area contributed by atoms with Crippen molar-refractivity contribution >= 4 is 17.8 Å². The molecule has 2 aromatic carbocycles. The second-order valence-corrected chi connectivity index (χ2v) is 6.46. The predicted octanol–water partition coefficient (Wildman–Crippen LogP) is 3.50. The summed E-state index contributed by atoms with van der Waals surface area (Å²) in [6.45, 7) is 0.127. The number of aromatic nitrogens is 3. The highest BCUT2D eigenvalue weighted by atomic mass is 16.2. The number of hydrogen-bond acceptors (Lipinski definition) is 5. The fourth-order valence-corrected chi connectivity index (χ4v) is 2.88. The molecule has 7 heteroatoms. The Morgan fingerprint density at radius 2 is 1.67 bits per heavy atom. The maximum atomic E-state index is 12.1. The first-order chi connectivity index (χ1) is 14.8. The molecule has 0 unspecified atom stereocenters. The summed E-state index contributed by atoms with van der Waals surface area (Å²) in [5.74, 6) is -0.240. The molecule has 0 radical (unpaired) electrons. The third-order valence-electron chi connectivity index (χ3n) is 4.34. The largest absolute Gasteiger partial charge is 0.376 e. The van der Waals surface area contributed by atoms with Crippen molar-refractivity contribution in [3.8, 4) is 16.9 Å². The molecule has 2 aromatic heterocycles. The number of anilines is 1. The Kier molecular flexibility index (Phi) is 5.91. The summed E-state index contributed by atoms with van der Waals surface area (Å²) in [7, 11) is 0. The van der Waals surface area contributed by atoms with Crippen molar-refractivity contribution in [1.82, 2.24) is 20.2 Å². The highest BCUT2D eigenvalue weighted by Crippen LogP contribution is 2.21. The average Bonchev–Trinajstić information content (AvgIpc) is 3.24. The second-order valence-electron chi connectivity index (χ2n) is 6.46. The van der Waals surface area contributed by atoms with Gasteiger partial charge in [-0.2, -0.15) is 10.2 Å². The lowest BCUT2D eigenvalue weighted by molar-refractivity contribution is -0.119. The lowest BCUT2D eigenvalue weighted by Crippen LogP contribution is -2.25. The first-order valence-electron chi connectivity index (χ1n) is 9.46. The Morgan fingerprint density at radius 1 is 0.967 bits per heavy atom. The van der Waals surface area contributed by atoms with Gasteiger partial charge >= 0.3 is 0 Å². The molecule has 4 rings (SSSR count). The lowest BCUT2D eigenvalue weighted by atomic mass is 10.1. The molecule has 0 aliphatic carbocycles. The number of pyridine rings is 1. The molecule has 1 amide bonds. The third kappa shape index (κ3) is 4.77. The van der Waals surface area contributed by atoms with E-state index in [4.69, 9.17) is 5.10 Å². The van der Waals surface area contributed by atoms with Crippen molar-refractivity contribution < 1.29 is 4.79 Å². The number of carbonyl (C=O) groups is 1. The molecule has 0 fully saturated rings. The second kappa shape index (κ2) is 9.29. The summed E-state index contributed by atoms with van der Waals surface area (Å²) in [5.41, 5.74) is 6.80. The summed E-state index contributed by atoms with van der Waals surface area (Å²) in [6.07, 6.45) is 6.91. The van der Waals surface area contributed by atoms with Crippen LogP contribution in [0.15, 0.2) is 96.5 Å². The van der Waals surface area contributed by atoms with Crippen LogP contribution in [0.25, 0.3) is 16.9 Å². The molecule has 2 N–H and O–H groups in total. The Balaban J connectivity index is 1.49. The van der Waals surface area contributed by atoms with Crippen LogP contribution >= 0.6 is 0 Å². The molecule has 0 bridgehead atoms. The first kappa shape index (κ1) is 19.1. The number of amides is 1. The number of hydrogen-bond donors (Lipinski definition) is 2. The Labute approximate surface area is 174 Å². The van der Waals surface area contributed by atoms with Crippen LogP contribution in [0.3, 0.4) is 0 Å². The number of nitrogens with zero attached hydrogens (tertiary/aromatic N) is 4. The summed E-state index contributed by atoms with van der Waals surface area (Å²) in [5, 5.41) is 11.9. The van der Waals surface area contributed by atoms with Crippen LogP contribution in [0.2, 0.25) is 0 Å². The van der Waals surface area contributed by atoms with Crippen molar-refractivity contribution in [3.63, 3.8) is 0 Å². The van der Waals surface area contributed by atoms with E-state index < -0.39 is 0 Å². The van der Waals surface area contributed by atoms with Crippen molar-refractivity contribution in [2.45, 2.75) is 0 Å². The van der Waals surface area contributed by atoms with E-state index in [2.05, 4.69) is 20.8 Å². The first-order valence-corrected chi connectivity index (χ1v) is 9.46. The van der Waals surface area contributed by atoms with E-state index >= 15 is 0 Å². The van der Waals surface area contributed by atoms with Gasteiger partial charge in [-0.15, -0.1) is 0 Å². The van der Waals surface area contributed by atoms with E-state index in [1.165, 1.54) is 0 Å². The molecule has 0 aliphatic heterocycles. The van der Waals surface area contributed by atoms with E-state index in [9.17, 15) is 4.79 Å². The zero-order chi connectivity index (χ0) is 20.6. The monoisotopic (exact) mass is 396 g/mol. The zero-order valence-corrected chi connectivity index (χ0v) is 16.1. The van der Waals surface area contributed by atoms with Gasteiger partial charge in [0, 0.05) is 35.4 Å². The number of rotatable bonds is 7. The van der Waals surface area contributed by atoms with Crippen LogP contribution in [-0.2, 0) is 4.79 Å². The topological polar surface area (TPSA) is 84.2 Å². The molecule has 7 nitrogen and oxygen atoms in total. The van der Waals surface area contributed by atoms with Gasteiger partial charge in [0.25, 0.3) is 5.91 Å². The Bertz CT molecular complexity index is 1120. The van der Waals surface area contributed by atoms with Gasteiger partial charge in [0.15, 0.2) is 0 Å². The molecule has 2 heterocycles. The third-order valence-corrected chi connectivity index (χ3v) is 4.34. The summed E-state index contributed by atoms with van der Waals surface area (Å²) >= 11 is 0. The molecular formula is C23H20N6O. The number of carbonyl (C=O) groups excluding carboxylic acids is 1. The van der Waals surface area contributed by atoms with Crippen molar-refractivity contribution in [3.05, 3.63) is 97.0 Å². The van der Waals surface area contributed by atoms with Gasteiger partial charge in [-0.3, -0.25) is 9.78 Å². The van der Waals surface area contributed by atoms with Crippen LogP contribution in [0.4, 0.5) is 5.69 Å². The van der Waals surface area contributed by atoms with E-state index in [0.29, 0.717) is 0 Å². The van der Waals surface area contributed by atoms with E-state index in [0.717, 1.165) is 28.2 Å². The van der Waals surface area contributed by atoms with Crippen LogP contribution < -0.4 is 10.7 Å². The minimum Gasteiger partial charge on any atom is -0.376 e. The van der Waals surface area contributed by atoms with E-state index in [-0.39, 0.29) is 12.5 Å². The van der Waals surface area contributed by atoms with Gasteiger partial charge in [0.1, 0.15) is 5.69 Å². The summed E-state index contributed by atoms with van der Waals surface area (Å²) in [4.78, 5) is 16.1. The smallest absolute Gasteiger partial charge is 0.259 e. The van der Waals surface area contributed by atoms with Gasteiger partial charge in [-0.1, -0.05) is 36.4 Å². The fraction of sp³-hybridized carbons (Fsp3) is 0.0435. The maximum absolute atomic E-state index is 12.1. The number of benzene rings is 2.